The molecule has 8 heteroatoms. The van der Waals surface area contributed by atoms with Gasteiger partial charge in [0.1, 0.15) is 23.9 Å². The molecule has 8 nitrogen and oxygen atoms in total. The number of carboxylic acids is 1. The number of hydrogen-bond acceptors (Lipinski definition) is 6. The van der Waals surface area contributed by atoms with Crippen molar-refractivity contribution >= 4 is 5.97 Å². The maximum absolute atomic E-state index is 11.3. The summed E-state index contributed by atoms with van der Waals surface area (Å²) in [5, 5.41) is 13.3. The van der Waals surface area contributed by atoms with E-state index in [1.54, 1.807) is 18.1 Å². The summed E-state index contributed by atoms with van der Waals surface area (Å²) in [7, 11) is 1.63. The minimum atomic E-state index is -1.14. The molecule has 0 saturated carbocycles. The molecular weight excluding hydrogens is 310 g/mol. The molecular formula is C16H21N5O3. The number of methoxy groups -OCH3 is 1. The first kappa shape index (κ1) is 16.4. The highest BCUT2D eigenvalue weighted by Crippen LogP contribution is 2.24. The monoisotopic (exact) mass is 331 g/mol. The van der Waals surface area contributed by atoms with Crippen molar-refractivity contribution in [1.82, 2.24) is 19.7 Å². The first-order chi connectivity index (χ1) is 11.5. The topological polar surface area (TPSA) is 106 Å². The Kier molecular flexibility index (Phi) is 4.50. The Balaban J connectivity index is 1.74. The zero-order chi connectivity index (χ0) is 17.2. The molecule has 0 amide bonds. The molecule has 1 saturated heterocycles. The van der Waals surface area contributed by atoms with Gasteiger partial charge in [-0.05, 0) is 24.1 Å². The SMILES string of the molecule is COc1ccc(CN2CC[C@](N)(C(=O)O)C2)cc1Cn1cncn1. The fourth-order valence-corrected chi connectivity index (χ4v) is 3.03. The summed E-state index contributed by atoms with van der Waals surface area (Å²) >= 11 is 0. The van der Waals surface area contributed by atoms with Crippen LogP contribution in [-0.4, -0.2) is 56.5 Å². The highest BCUT2D eigenvalue weighted by molar-refractivity contribution is 5.79. The number of nitrogens with zero attached hydrogens (tertiary/aromatic N) is 4. The van der Waals surface area contributed by atoms with Gasteiger partial charge in [0.2, 0.25) is 0 Å². The number of ether oxygens (including phenoxy) is 1. The van der Waals surface area contributed by atoms with E-state index in [0.717, 1.165) is 16.9 Å². The molecule has 1 aliphatic rings. The fourth-order valence-electron chi connectivity index (χ4n) is 3.03. The summed E-state index contributed by atoms with van der Waals surface area (Å²) in [5.41, 5.74) is 6.87. The first-order valence-corrected chi connectivity index (χ1v) is 7.73. The van der Waals surface area contributed by atoms with Crippen LogP contribution in [0.4, 0.5) is 0 Å². The van der Waals surface area contributed by atoms with Crippen molar-refractivity contribution in [2.45, 2.75) is 25.0 Å². The zero-order valence-corrected chi connectivity index (χ0v) is 13.6. The lowest BCUT2D eigenvalue weighted by atomic mass is 10.0. The van der Waals surface area contributed by atoms with E-state index in [1.807, 2.05) is 12.1 Å². The van der Waals surface area contributed by atoms with Crippen molar-refractivity contribution in [3.05, 3.63) is 42.0 Å². The second-order valence-electron chi connectivity index (χ2n) is 6.16. The number of nitrogens with two attached hydrogens (primary N) is 1. The summed E-state index contributed by atoms with van der Waals surface area (Å²) in [5.74, 6) is -0.152. The molecule has 0 unspecified atom stereocenters. The van der Waals surface area contributed by atoms with E-state index in [0.29, 0.717) is 32.6 Å². The molecule has 0 aliphatic carbocycles. The molecule has 128 valence electrons. The molecule has 0 bridgehead atoms. The molecule has 0 radical (unpaired) electrons. The lowest BCUT2D eigenvalue weighted by Gasteiger charge is -2.20. The van der Waals surface area contributed by atoms with Gasteiger partial charge in [-0.25, -0.2) is 9.67 Å². The van der Waals surface area contributed by atoms with Crippen LogP contribution < -0.4 is 10.5 Å². The van der Waals surface area contributed by atoms with Crippen LogP contribution in [0, 0.1) is 0 Å². The molecule has 1 aliphatic heterocycles. The molecule has 1 atom stereocenters. The molecule has 1 fully saturated rings. The van der Waals surface area contributed by atoms with Crippen LogP contribution in [0.1, 0.15) is 17.5 Å². The number of likely N-dealkylation sites (tertiary alicyclic amines) is 1. The van der Waals surface area contributed by atoms with Crippen LogP contribution in [0.2, 0.25) is 0 Å². The largest absolute Gasteiger partial charge is 0.496 e. The third-order valence-corrected chi connectivity index (χ3v) is 4.36. The van der Waals surface area contributed by atoms with Gasteiger partial charge in [-0.1, -0.05) is 6.07 Å². The molecule has 24 heavy (non-hydrogen) atoms. The maximum atomic E-state index is 11.3. The molecule has 3 rings (SSSR count). The van der Waals surface area contributed by atoms with Crippen LogP contribution in [0.3, 0.4) is 0 Å². The maximum Gasteiger partial charge on any atom is 0.325 e. The second-order valence-corrected chi connectivity index (χ2v) is 6.16. The third kappa shape index (κ3) is 3.39. The van der Waals surface area contributed by atoms with Gasteiger partial charge in [0.05, 0.1) is 13.7 Å². The molecule has 3 N–H and O–H groups in total. The van der Waals surface area contributed by atoms with Crippen LogP contribution >= 0.6 is 0 Å². The average molecular weight is 331 g/mol. The highest BCUT2D eigenvalue weighted by Gasteiger charge is 2.41. The van der Waals surface area contributed by atoms with Crippen LogP contribution in [0.25, 0.3) is 0 Å². The van der Waals surface area contributed by atoms with Gasteiger partial charge in [0, 0.05) is 25.2 Å². The molecule has 0 spiro atoms. The molecule has 2 heterocycles. The summed E-state index contributed by atoms with van der Waals surface area (Å²) < 4.78 is 7.14. The van der Waals surface area contributed by atoms with Crippen molar-refractivity contribution in [2.24, 2.45) is 5.73 Å². The van der Waals surface area contributed by atoms with E-state index >= 15 is 0 Å². The van der Waals surface area contributed by atoms with Crippen LogP contribution in [0.15, 0.2) is 30.9 Å². The van der Waals surface area contributed by atoms with Crippen molar-refractivity contribution in [3.63, 3.8) is 0 Å². The van der Waals surface area contributed by atoms with Gasteiger partial charge in [0.15, 0.2) is 0 Å². The van der Waals surface area contributed by atoms with Gasteiger partial charge in [-0.15, -0.1) is 0 Å². The van der Waals surface area contributed by atoms with E-state index in [-0.39, 0.29) is 0 Å². The summed E-state index contributed by atoms with van der Waals surface area (Å²) in [4.78, 5) is 17.3. The summed E-state index contributed by atoms with van der Waals surface area (Å²) in [6.45, 7) is 2.24. The predicted molar refractivity (Wildman–Crippen MR) is 86.6 cm³/mol. The third-order valence-electron chi connectivity index (χ3n) is 4.36. The van der Waals surface area contributed by atoms with E-state index in [4.69, 9.17) is 10.5 Å². The van der Waals surface area contributed by atoms with E-state index < -0.39 is 11.5 Å². The van der Waals surface area contributed by atoms with Crippen LogP contribution in [0.5, 0.6) is 5.75 Å². The van der Waals surface area contributed by atoms with Crippen molar-refractivity contribution in [2.75, 3.05) is 20.2 Å². The molecule has 2 aromatic rings. The van der Waals surface area contributed by atoms with Crippen molar-refractivity contribution in [1.29, 1.82) is 0 Å². The Morgan fingerprint density at radius 1 is 1.46 bits per heavy atom. The predicted octanol–water partition coefficient (Wildman–Crippen LogP) is 0.323. The number of benzene rings is 1. The number of carboxylic acid groups (broad SMARTS) is 1. The van der Waals surface area contributed by atoms with Gasteiger partial charge >= 0.3 is 5.97 Å². The number of aromatic nitrogens is 3. The smallest absolute Gasteiger partial charge is 0.325 e. The number of aliphatic carboxylic acids is 1. The Morgan fingerprint density at radius 3 is 2.92 bits per heavy atom. The Hall–Kier alpha value is -2.45. The lowest BCUT2D eigenvalue weighted by molar-refractivity contribution is -0.142. The van der Waals surface area contributed by atoms with Gasteiger partial charge in [-0.3, -0.25) is 9.69 Å². The summed E-state index contributed by atoms with van der Waals surface area (Å²) in [6, 6.07) is 5.96. The van der Waals surface area contributed by atoms with Crippen molar-refractivity contribution < 1.29 is 14.6 Å². The van der Waals surface area contributed by atoms with Crippen LogP contribution in [-0.2, 0) is 17.9 Å². The molecule has 1 aromatic heterocycles. The first-order valence-electron chi connectivity index (χ1n) is 7.73. The quantitative estimate of drug-likeness (QED) is 0.785. The Labute approximate surface area is 139 Å². The average Bonchev–Trinajstić information content (AvgIpc) is 3.18. The fraction of sp³-hybridized carbons (Fsp3) is 0.438. The number of hydrogen-bond donors (Lipinski definition) is 2. The Morgan fingerprint density at radius 2 is 2.29 bits per heavy atom. The Bertz CT molecular complexity index is 719. The second kappa shape index (κ2) is 6.58. The minimum absolute atomic E-state index is 0.354. The van der Waals surface area contributed by atoms with Gasteiger partial charge in [-0.2, -0.15) is 5.10 Å². The lowest BCUT2D eigenvalue weighted by Crippen LogP contribution is -2.50. The van der Waals surface area contributed by atoms with Gasteiger partial charge < -0.3 is 15.6 Å². The molecule has 1 aromatic carbocycles. The van der Waals surface area contributed by atoms with Crippen molar-refractivity contribution in [3.8, 4) is 5.75 Å². The highest BCUT2D eigenvalue weighted by atomic mass is 16.5. The zero-order valence-electron chi connectivity index (χ0n) is 13.6. The van der Waals surface area contributed by atoms with E-state index in [1.165, 1.54) is 6.33 Å². The van der Waals surface area contributed by atoms with E-state index in [2.05, 4.69) is 21.0 Å². The minimum Gasteiger partial charge on any atom is -0.496 e. The number of rotatable bonds is 6. The normalized spacial score (nSPS) is 21.1. The van der Waals surface area contributed by atoms with E-state index in [9.17, 15) is 9.90 Å². The standard InChI is InChI=1S/C16H21N5O3/c1-24-14-3-2-12(6-13(14)8-21-11-18-10-19-21)7-20-5-4-16(17,9-20)15(22)23/h2-3,6,10-11H,4-5,7-9,17H2,1H3,(H,22,23)/t16-/m1/s1. The summed E-state index contributed by atoms with van der Waals surface area (Å²) in [6.07, 6.45) is 3.61. The number of carbonyl (C=O) groups is 1. The van der Waals surface area contributed by atoms with Gasteiger partial charge in [0.25, 0.3) is 0 Å².